The van der Waals surface area contributed by atoms with Crippen LogP contribution in [0.3, 0.4) is 0 Å². The first kappa shape index (κ1) is 20.2. The molecule has 2 rings (SSSR count). The van der Waals surface area contributed by atoms with Crippen LogP contribution >= 0.6 is 0 Å². The zero-order chi connectivity index (χ0) is 20.2. The van der Waals surface area contributed by atoms with E-state index in [4.69, 9.17) is 14.2 Å². The molecule has 1 atom stereocenters. The van der Waals surface area contributed by atoms with E-state index in [1.54, 1.807) is 24.3 Å². The molecule has 8 heteroatoms. The number of methoxy groups -OCH3 is 3. The third kappa shape index (κ3) is 3.18. The maximum atomic E-state index is 13.0. The lowest BCUT2D eigenvalue weighted by molar-refractivity contribution is -0.170. The van der Waals surface area contributed by atoms with E-state index in [1.165, 1.54) is 7.11 Å². The van der Waals surface area contributed by atoms with Gasteiger partial charge in [-0.3, -0.25) is 4.79 Å². The lowest BCUT2D eigenvalue weighted by Gasteiger charge is -2.33. The summed E-state index contributed by atoms with van der Waals surface area (Å²) in [5, 5.41) is 0. The number of likely N-dealkylation sites (tertiary alicyclic amines) is 1. The van der Waals surface area contributed by atoms with Gasteiger partial charge in [0.1, 0.15) is 12.0 Å². The van der Waals surface area contributed by atoms with E-state index < -0.39 is 29.3 Å². The molecule has 0 radical (unpaired) electrons. The quantitative estimate of drug-likeness (QED) is 0.302. The molecular formula is C19H21NO7. The van der Waals surface area contributed by atoms with E-state index in [1.807, 2.05) is 0 Å². The van der Waals surface area contributed by atoms with Gasteiger partial charge in [-0.15, -0.1) is 0 Å². The van der Waals surface area contributed by atoms with Crippen molar-refractivity contribution >= 4 is 24.1 Å². The summed E-state index contributed by atoms with van der Waals surface area (Å²) >= 11 is 0. The maximum absolute atomic E-state index is 13.0. The highest BCUT2D eigenvalue weighted by atomic mass is 16.5. The molecular weight excluding hydrogens is 354 g/mol. The highest BCUT2D eigenvalue weighted by Crippen LogP contribution is 2.42. The Kier molecular flexibility index (Phi) is 5.99. The Labute approximate surface area is 156 Å². The summed E-state index contributed by atoms with van der Waals surface area (Å²) in [5.74, 6) is -2.95. The number of aldehydes is 1. The maximum Gasteiger partial charge on any atom is 0.348 e. The fraction of sp³-hybridized carbons (Fsp3) is 0.368. The van der Waals surface area contributed by atoms with Crippen molar-refractivity contribution in [2.75, 3.05) is 21.3 Å². The summed E-state index contributed by atoms with van der Waals surface area (Å²) < 4.78 is 14.7. The van der Waals surface area contributed by atoms with Gasteiger partial charge in [-0.05, 0) is 23.3 Å². The second kappa shape index (κ2) is 8.03. The summed E-state index contributed by atoms with van der Waals surface area (Å²) in [6.07, 6.45) is 0.344. The molecule has 0 bridgehead atoms. The van der Waals surface area contributed by atoms with E-state index in [0.29, 0.717) is 17.6 Å². The van der Waals surface area contributed by atoms with Crippen molar-refractivity contribution in [3.05, 3.63) is 42.0 Å². The Balaban J connectivity index is 2.57. The second-order valence-electron chi connectivity index (χ2n) is 5.95. The van der Waals surface area contributed by atoms with Gasteiger partial charge in [-0.25, -0.2) is 9.59 Å². The van der Waals surface area contributed by atoms with Gasteiger partial charge in [-0.1, -0.05) is 18.7 Å². The number of carbonyl (C=O) groups excluding carboxylic acids is 4. The predicted octanol–water partition coefficient (Wildman–Crippen LogP) is 0.884. The predicted molar refractivity (Wildman–Crippen MR) is 93.6 cm³/mol. The molecule has 144 valence electrons. The summed E-state index contributed by atoms with van der Waals surface area (Å²) in [4.78, 5) is 50.3. The summed E-state index contributed by atoms with van der Waals surface area (Å²) in [6.45, 7) is 3.69. The Morgan fingerprint density at radius 1 is 1.15 bits per heavy atom. The van der Waals surface area contributed by atoms with Crippen LogP contribution in [0.1, 0.15) is 12.0 Å². The molecule has 0 unspecified atom stereocenters. The molecule has 0 spiro atoms. The Bertz CT molecular complexity index is 753. The number of benzene rings is 1. The molecule has 0 aliphatic carbocycles. The van der Waals surface area contributed by atoms with E-state index in [-0.39, 0.29) is 18.5 Å². The highest BCUT2D eigenvalue weighted by molar-refractivity contribution is 6.15. The number of carbonyl (C=O) groups is 4. The van der Waals surface area contributed by atoms with Gasteiger partial charge in [-0.2, -0.15) is 0 Å². The zero-order valence-corrected chi connectivity index (χ0v) is 15.4. The van der Waals surface area contributed by atoms with E-state index >= 15 is 0 Å². The fourth-order valence-electron chi connectivity index (χ4n) is 3.24. The van der Waals surface area contributed by atoms with Crippen LogP contribution in [0.15, 0.2) is 36.4 Å². The number of hydrogen-bond donors (Lipinski definition) is 0. The van der Waals surface area contributed by atoms with Crippen LogP contribution in [0.25, 0.3) is 0 Å². The number of rotatable bonds is 7. The van der Waals surface area contributed by atoms with Gasteiger partial charge in [0, 0.05) is 13.0 Å². The summed E-state index contributed by atoms with van der Waals surface area (Å²) in [5.41, 5.74) is -1.54. The zero-order valence-electron chi connectivity index (χ0n) is 15.4. The highest BCUT2D eigenvalue weighted by Gasteiger charge is 2.65. The number of nitrogens with zero attached hydrogens (tertiary/aromatic N) is 1. The lowest BCUT2D eigenvalue weighted by atomic mass is 9.85. The van der Waals surface area contributed by atoms with Gasteiger partial charge in [0.2, 0.25) is 5.91 Å². The lowest BCUT2D eigenvalue weighted by Crippen LogP contribution is -2.59. The molecule has 0 saturated carbocycles. The normalized spacial score (nSPS) is 18.2. The molecule has 1 fully saturated rings. The molecule has 1 amide bonds. The molecule has 1 heterocycles. The first-order chi connectivity index (χ1) is 12.9. The number of ether oxygens (including phenoxy) is 3. The van der Waals surface area contributed by atoms with Crippen molar-refractivity contribution in [1.82, 2.24) is 4.90 Å². The van der Waals surface area contributed by atoms with Gasteiger partial charge >= 0.3 is 11.9 Å². The van der Waals surface area contributed by atoms with E-state index in [9.17, 15) is 19.2 Å². The second-order valence-corrected chi connectivity index (χ2v) is 5.95. The Hall–Kier alpha value is -3.16. The molecule has 1 aromatic rings. The van der Waals surface area contributed by atoms with Crippen LogP contribution in [0, 0.1) is 5.92 Å². The Morgan fingerprint density at radius 3 is 2.15 bits per heavy atom. The molecule has 27 heavy (non-hydrogen) atoms. The van der Waals surface area contributed by atoms with Crippen LogP contribution in [0.5, 0.6) is 5.75 Å². The first-order valence-electron chi connectivity index (χ1n) is 8.12. The minimum atomic E-state index is -2.14. The third-order valence-corrected chi connectivity index (χ3v) is 4.65. The molecule has 1 aliphatic heterocycles. The SMILES string of the molecule is C=C1[C@@H](CC=O)C(=O)N(Cc2ccc(OC)cc2)C1(C(=O)OC)C(=O)OC. The van der Waals surface area contributed by atoms with Gasteiger partial charge in [0.05, 0.1) is 27.2 Å². The number of hydrogen-bond acceptors (Lipinski definition) is 7. The molecule has 1 aromatic carbocycles. The van der Waals surface area contributed by atoms with Crippen molar-refractivity contribution in [3.63, 3.8) is 0 Å². The van der Waals surface area contributed by atoms with Crippen molar-refractivity contribution in [3.8, 4) is 5.75 Å². The largest absolute Gasteiger partial charge is 0.497 e. The van der Waals surface area contributed by atoms with E-state index in [2.05, 4.69) is 6.58 Å². The van der Waals surface area contributed by atoms with Crippen molar-refractivity contribution < 1.29 is 33.4 Å². The standard InChI is InChI=1S/C19H21NO7/c1-12-15(9-10-21)16(22)20(11-13-5-7-14(25-2)8-6-13)19(12,17(23)26-3)18(24)27-4/h5-8,10,15H,1,9,11H2,2-4H3/t15-/m1/s1. The molecule has 1 saturated heterocycles. The van der Waals surface area contributed by atoms with Gasteiger partial charge < -0.3 is 23.9 Å². The van der Waals surface area contributed by atoms with Crippen LogP contribution in [-0.2, 0) is 35.2 Å². The van der Waals surface area contributed by atoms with Crippen LogP contribution in [-0.4, -0.2) is 55.9 Å². The number of amides is 1. The summed E-state index contributed by atoms with van der Waals surface area (Å²) in [6, 6.07) is 6.76. The minimum Gasteiger partial charge on any atom is -0.497 e. The Morgan fingerprint density at radius 2 is 1.70 bits per heavy atom. The van der Waals surface area contributed by atoms with Crippen molar-refractivity contribution in [2.45, 2.75) is 18.5 Å². The minimum absolute atomic E-state index is 0.0354. The smallest absolute Gasteiger partial charge is 0.348 e. The number of esters is 2. The van der Waals surface area contributed by atoms with E-state index in [0.717, 1.165) is 19.1 Å². The first-order valence-corrected chi connectivity index (χ1v) is 8.12. The monoisotopic (exact) mass is 375 g/mol. The fourth-order valence-corrected chi connectivity index (χ4v) is 3.24. The molecule has 1 aliphatic rings. The van der Waals surface area contributed by atoms with Gasteiger partial charge in [0.15, 0.2) is 0 Å². The average molecular weight is 375 g/mol. The van der Waals surface area contributed by atoms with Crippen LogP contribution in [0.2, 0.25) is 0 Å². The van der Waals surface area contributed by atoms with Crippen molar-refractivity contribution in [1.29, 1.82) is 0 Å². The average Bonchev–Trinajstić information content (AvgIpc) is 2.90. The molecule has 0 N–H and O–H groups in total. The van der Waals surface area contributed by atoms with Crippen LogP contribution in [0.4, 0.5) is 0 Å². The van der Waals surface area contributed by atoms with Crippen molar-refractivity contribution in [2.24, 2.45) is 5.92 Å². The summed E-state index contributed by atoms with van der Waals surface area (Å²) in [7, 11) is 3.72. The molecule has 8 nitrogen and oxygen atoms in total. The third-order valence-electron chi connectivity index (χ3n) is 4.65. The van der Waals surface area contributed by atoms with Crippen LogP contribution < -0.4 is 4.74 Å². The topological polar surface area (TPSA) is 99.2 Å². The molecule has 0 aromatic heterocycles. The van der Waals surface area contributed by atoms with Gasteiger partial charge in [0.25, 0.3) is 5.54 Å².